The van der Waals surface area contributed by atoms with E-state index in [4.69, 9.17) is 17.3 Å². The fourth-order valence-electron chi connectivity index (χ4n) is 1.52. The van der Waals surface area contributed by atoms with E-state index >= 15 is 0 Å². The Morgan fingerprint density at radius 2 is 1.81 bits per heavy atom. The molecule has 0 aliphatic carbocycles. The molecule has 16 heavy (non-hydrogen) atoms. The highest BCUT2D eigenvalue weighted by Crippen LogP contribution is 2.12. The van der Waals surface area contributed by atoms with E-state index in [1.165, 1.54) is 0 Å². The summed E-state index contributed by atoms with van der Waals surface area (Å²) in [5.74, 6) is 1.70. The normalized spacial score (nSPS) is 10.7. The summed E-state index contributed by atoms with van der Waals surface area (Å²) in [6.07, 6.45) is 0.737. The third-order valence-electron chi connectivity index (χ3n) is 2.51. The lowest BCUT2D eigenvalue weighted by Gasteiger charge is -2.02. The zero-order chi connectivity index (χ0) is 11.5. The van der Waals surface area contributed by atoms with E-state index < -0.39 is 0 Å². The molecule has 5 heteroatoms. The molecule has 0 saturated heterocycles. The van der Waals surface area contributed by atoms with Gasteiger partial charge in [0.25, 0.3) is 0 Å². The van der Waals surface area contributed by atoms with Crippen LogP contribution in [0.3, 0.4) is 0 Å². The van der Waals surface area contributed by atoms with E-state index in [0.717, 1.165) is 28.7 Å². The van der Waals surface area contributed by atoms with Crippen molar-refractivity contribution < 1.29 is 0 Å². The van der Waals surface area contributed by atoms with Crippen LogP contribution in [-0.4, -0.2) is 14.8 Å². The number of nitrogens with two attached hydrogens (primary N) is 1. The van der Waals surface area contributed by atoms with Crippen LogP contribution in [0.25, 0.3) is 0 Å². The molecule has 2 aromatic rings. The van der Waals surface area contributed by atoms with Crippen LogP contribution in [0.15, 0.2) is 24.3 Å². The van der Waals surface area contributed by atoms with Crippen molar-refractivity contribution >= 4 is 11.6 Å². The minimum absolute atomic E-state index is 0.407. The predicted molar refractivity (Wildman–Crippen MR) is 63.2 cm³/mol. The van der Waals surface area contributed by atoms with Gasteiger partial charge in [0.05, 0.1) is 6.54 Å². The van der Waals surface area contributed by atoms with Gasteiger partial charge in [0, 0.05) is 18.5 Å². The first-order valence-electron chi connectivity index (χ1n) is 5.02. The van der Waals surface area contributed by atoms with E-state index in [0.29, 0.717) is 6.54 Å². The van der Waals surface area contributed by atoms with E-state index in [1.54, 1.807) is 0 Å². The van der Waals surface area contributed by atoms with Crippen LogP contribution in [0.1, 0.15) is 17.2 Å². The van der Waals surface area contributed by atoms with Crippen molar-refractivity contribution in [2.45, 2.75) is 13.0 Å². The van der Waals surface area contributed by atoms with Gasteiger partial charge in [-0.05, 0) is 17.7 Å². The number of hydrogen-bond acceptors (Lipinski definition) is 3. The number of rotatable bonds is 3. The summed E-state index contributed by atoms with van der Waals surface area (Å²) in [7, 11) is 1.92. The van der Waals surface area contributed by atoms with Crippen LogP contribution in [-0.2, 0) is 20.0 Å². The number of halogens is 1. The van der Waals surface area contributed by atoms with Crippen molar-refractivity contribution in [1.29, 1.82) is 0 Å². The summed E-state index contributed by atoms with van der Waals surface area (Å²) >= 11 is 5.82. The smallest absolute Gasteiger partial charge is 0.146 e. The van der Waals surface area contributed by atoms with Crippen molar-refractivity contribution in [2.75, 3.05) is 0 Å². The average Bonchev–Trinajstić information content (AvgIpc) is 2.63. The Morgan fingerprint density at radius 1 is 1.19 bits per heavy atom. The fourth-order valence-corrected chi connectivity index (χ4v) is 1.64. The Morgan fingerprint density at radius 3 is 2.38 bits per heavy atom. The molecule has 0 amide bonds. The molecule has 0 fully saturated rings. The zero-order valence-electron chi connectivity index (χ0n) is 9.02. The summed E-state index contributed by atoms with van der Waals surface area (Å²) in [6.45, 7) is 0.407. The summed E-state index contributed by atoms with van der Waals surface area (Å²) in [5.41, 5.74) is 6.69. The first-order valence-corrected chi connectivity index (χ1v) is 5.40. The lowest BCUT2D eigenvalue weighted by atomic mass is 10.1. The fraction of sp³-hybridized carbons (Fsp3) is 0.273. The topological polar surface area (TPSA) is 56.7 Å². The first kappa shape index (κ1) is 11.1. The maximum atomic E-state index is 5.82. The standard InChI is InChI=1S/C11H13ClN4/c1-16-10(14-15-11(16)7-13)6-8-2-4-9(12)5-3-8/h2-5H,6-7,13H2,1H3. The molecule has 2 N–H and O–H groups in total. The van der Waals surface area contributed by atoms with Crippen molar-refractivity contribution in [1.82, 2.24) is 14.8 Å². The second kappa shape index (κ2) is 4.63. The zero-order valence-corrected chi connectivity index (χ0v) is 9.78. The van der Waals surface area contributed by atoms with Crippen molar-refractivity contribution in [3.63, 3.8) is 0 Å². The highest BCUT2D eigenvalue weighted by molar-refractivity contribution is 6.30. The number of nitrogens with zero attached hydrogens (tertiary/aromatic N) is 3. The van der Waals surface area contributed by atoms with Crippen LogP contribution in [0.4, 0.5) is 0 Å². The molecule has 0 atom stereocenters. The van der Waals surface area contributed by atoms with Gasteiger partial charge in [-0.15, -0.1) is 10.2 Å². The molecule has 0 aliphatic heterocycles. The van der Waals surface area contributed by atoms with Gasteiger partial charge in [-0.25, -0.2) is 0 Å². The second-order valence-electron chi connectivity index (χ2n) is 3.60. The van der Waals surface area contributed by atoms with Crippen molar-refractivity contribution in [3.05, 3.63) is 46.5 Å². The second-order valence-corrected chi connectivity index (χ2v) is 4.04. The molecular formula is C11H13ClN4. The lowest BCUT2D eigenvalue weighted by Crippen LogP contribution is -2.07. The summed E-state index contributed by atoms with van der Waals surface area (Å²) < 4.78 is 1.93. The molecular weight excluding hydrogens is 224 g/mol. The van der Waals surface area contributed by atoms with E-state index in [2.05, 4.69) is 10.2 Å². The largest absolute Gasteiger partial charge is 0.324 e. The van der Waals surface area contributed by atoms with Gasteiger partial charge in [-0.2, -0.15) is 0 Å². The van der Waals surface area contributed by atoms with Crippen LogP contribution >= 0.6 is 11.6 Å². The van der Waals surface area contributed by atoms with Gasteiger partial charge in [0.2, 0.25) is 0 Å². The third-order valence-corrected chi connectivity index (χ3v) is 2.77. The predicted octanol–water partition coefficient (Wildman–Crippen LogP) is 1.52. The Labute approximate surface area is 99.1 Å². The van der Waals surface area contributed by atoms with Gasteiger partial charge < -0.3 is 10.3 Å². The Balaban J connectivity index is 2.20. The number of benzene rings is 1. The van der Waals surface area contributed by atoms with Crippen LogP contribution in [0.5, 0.6) is 0 Å². The summed E-state index contributed by atoms with van der Waals surface area (Å²) in [5, 5.41) is 8.85. The van der Waals surface area contributed by atoms with Crippen LogP contribution in [0, 0.1) is 0 Å². The maximum absolute atomic E-state index is 5.82. The molecule has 0 aliphatic rings. The lowest BCUT2D eigenvalue weighted by molar-refractivity contribution is 0.758. The molecule has 0 saturated carbocycles. The number of hydrogen-bond donors (Lipinski definition) is 1. The van der Waals surface area contributed by atoms with E-state index in [9.17, 15) is 0 Å². The molecule has 0 unspecified atom stereocenters. The minimum Gasteiger partial charge on any atom is -0.324 e. The van der Waals surface area contributed by atoms with E-state index in [1.807, 2.05) is 35.9 Å². The van der Waals surface area contributed by atoms with Crippen molar-refractivity contribution in [3.8, 4) is 0 Å². The Bertz CT molecular complexity index is 475. The highest BCUT2D eigenvalue weighted by atomic mass is 35.5. The quantitative estimate of drug-likeness (QED) is 0.879. The highest BCUT2D eigenvalue weighted by Gasteiger charge is 2.07. The molecule has 0 spiro atoms. The molecule has 2 rings (SSSR count). The van der Waals surface area contributed by atoms with Gasteiger partial charge in [-0.3, -0.25) is 0 Å². The monoisotopic (exact) mass is 236 g/mol. The Kier molecular flexibility index (Phi) is 3.22. The molecule has 0 radical (unpaired) electrons. The molecule has 1 aromatic carbocycles. The van der Waals surface area contributed by atoms with Crippen LogP contribution < -0.4 is 5.73 Å². The molecule has 4 nitrogen and oxygen atoms in total. The first-order chi connectivity index (χ1) is 7.70. The molecule has 1 heterocycles. The van der Waals surface area contributed by atoms with Crippen molar-refractivity contribution in [2.24, 2.45) is 12.8 Å². The minimum atomic E-state index is 0.407. The van der Waals surface area contributed by atoms with Gasteiger partial charge in [-0.1, -0.05) is 23.7 Å². The van der Waals surface area contributed by atoms with Crippen LogP contribution in [0.2, 0.25) is 5.02 Å². The number of aromatic nitrogens is 3. The molecule has 1 aromatic heterocycles. The molecule has 84 valence electrons. The van der Waals surface area contributed by atoms with Gasteiger partial charge in [0.1, 0.15) is 11.6 Å². The van der Waals surface area contributed by atoms with Gasteiger partial charge >= 0.3 is 0 Å². The van der Waals surface area contributed by atoms with E-state index in [-0.39, 0.29) is 0 Å². The average molecular weight is 237 g/mol. The SMILES string of the molecule is Cn1c(CN)nnc1Cc1ccc(Cl)cc1. The summed E-state index contributed by atoms with van der Waals surface area (Å²) in [6, 6.07) is 7.71. The van der Waals surface area contributed by atoms with Gasteiger partial charge in [0.15, 0.2) is 0 Å². The summed E-state index contributed by atoms with van der Waals surface area (Å²) in [4.78, 5) is 0. The Hall–Kier alpha value is -1.39. The maximum Gasteiger partial charge on any atom is 0.146 e. The third kappa shape index (κ3) is 2.23. The molecule has 0 bridgehead atoms.